The number of carbonyl (C=O) groups is 2. The number of aliphatic hydroxyl groups is 5. The van der Waals surface area contributed by atoms with E-state index in [4.69, 9.17) is 14.2 Å². The third-order valence-electron chi connectivity index (χ3n) is 14.3. The predicted molar refractivity (Wildman–Crippen MR) is 319 cm³/mol. The van der Waals surface area contributed by atoms with Gasteiger partial charge in [0.25, 0.3) is 0 Å². The van der Waals surface area contributed by atoms with E-state index in [1.165, 1.54) is 103 Å². The van der Waals surface area contributed by atoms with Crippen molar-refractivity contribution in [1.82, 2.24) is 5.32 Å². The number of nitrogens with one attached hydrogen (secondary N) is 1. The van der Waals surface area contributed by atoms with Crippen LogP contribution in [0.1, 0.15) is 258 Å². The van der Waals surface area contributed by atoms with E-state index in [9.17, 15) is 35.1 Å². The summed E-state index contributed by atoms with van der Waals surface area (Å²) in [6.07, 6.45) is 59.0. The minimum Gasteiger partial charge on any atom is -0.454 e. The first-order valence-corrected chi connectivity index (χ1v) is 31.4. The molecule has 1 rings (SSSR count). The molecule has 1 fully saturated rings. The number of rotatable bonds is 52. The van der Waals surface area contributed by atoms with E-state index in [0.29, 0.717) is 12.8 Å². The Morgan fingerprint density at radius 2 is 0.987 bits per heavy atom. The molecule has 1 heterocycles. The van der Waals surface area contributed by atoms with E-state index in [2.05, 4.69) is 86.8 Å². The molecular weight excluding hydrogens is 967 g/mol. The molecule has 0 aromatic rings. The molecule has 0 aliphatic carbocycles. The highest BCUT2D eigenvalue weighted by atomic mass is 16.7. The Morgan fingerprint density at radius 1 is 0.532 bits per heavy atom. The molecule has 0 saturated carbocycles. The summed E-state index contributed by atoms with van der Waals surface area (Å²) in [7, 11) is 0. The summed E-state index contributed by atoms with van der Waals surface area (Å²) in [6.45, 7) is 5.62. The van der Waals surface area contributed by atoms with E-state index in [1.807, 2.05) is 18.2 Å². The maximum Gasteiger partial charge on any atom is 0.306 e. The highest BCUT2D eigenvalue weighted by Crippen LogP contribution is 2.26. The summed E-state index contributed by atoms with van der Waals surface area (Å²) in [5.41, 5.74) is 0. The average Bonchev–Trinajstić information content (AvgIpc) is 3.43. The second-order valence-corrected chi connectivity index (χ2v) is 21.5. The van der Waals surface area contributed by atoms with Crippen molar-refractivity contribution in [2.24, 2.45) is 0 Å². The normalized spacial score (nSPS) is 19.6. The van der Waals surface area contributed by atoms with Crippen LogP contribution in [0.4, 0.5) is 0 Å². The van der Waals surface area contributed by atoms with Gasteiger partial charge in [-0.3, -0.25) is 9.59 Å². The molecule has 6 N–H and O–H groups in total. The number of hydrogen-bond donors (Lipinski definition) is 6. The van der Waals surface area contributed by atoms with Gasteiger partial charge < -0.3 is 45.1 Å². The highest BCUT2D eigenvalue weighted by Gasteiger charge is 2.47. The summed E-state index contributed by atoms with van der Waals surface area (Å²) in [6, 6.07) is -1.04. The van der Waals surface area contributed by atoms with Gasteiger partial charge in [0.05, 0.1) is 25.4 Å². The number of unbranched alkanes of at least 4 members (excludes halogenated alkanes) is 28. The number of carbonyl (C=O) groups excluding carboxylic acids is 2. The Balaban J connectivity index is 2.68. The average molecular weight is 1080 g/mol. The molecule has 1 aliphatic rings. The van der Waals surface area contributed by atoms with Gasteiger partial charge in [-0.05, 0) is 83.5 Å². The van der Waals surface area contributed by atoms with Crippen molar-refractivity contribution in [3.8, 4) is 0 Å². The van der Waals surface area contributed by atoms with Crippen molar-refractivity contribution >= 4 is 11.9 Å². The first-order chi connectivity index (χ1) is 37.7. The van der Waals surface area contributed by atoms with Gasteiger partial charge in [0, 0.05) is 6.42 Å². The van der Waals surface area contributed by atoms with Crippen LogP contribution in [-0.4, -0.2) is 99.6 Å². The Bertz CT molecular complexity index is 1570. The van der Waals surface area contributed by atoms with Crippen molar-refractivity contribution in [1.29, 1.82) is 0 Å². The smallest absolute Gasteiger partial charge is 0.306 e. The number of amides is 1. The van der Waals surface area contributed by atoms with Crippen molar-refractivity contribution in [3.05, 3.63) is 85.1 Å². The summed E-state index contributed by atoms with van der Waals surface area (Å²) >= 11 is 0. The van der Waals surface area contributed by atoms with Crippen molar-refractivity contribution in [3.63, 3.8) is 0 Å². The first-order valence-electron chi connectivity index (χ1n) is 31.4. The van der Waals surface area contributed by atoms with E-state index in [1.54, 1.807) is 6.08 Å². The van der Waals surface area contributed by atoms with Crippen LogP contribution in [0, 0.1) is 0 Å². The van der Waals surface area contributed by atoms with Crippen LogP contribution in [0.2, 0.25) is 0 Å². The monoisotopic (exact) mass is 1080 g/mol. The van der Waals surface area contributed by atoms with Crippen LogP contribution < -0.4 is 5.32 Å². The number of aliphatic hydroxyl groups excluding tert-OH is 5. The molecule has 8 unspecified atom stereocenters. The number of esters is 1. The molecule has 11 nitrogen and oxygen atoms in total. The molecule has 444 valence electrons. The third kappa shape index (κ3) is 41.5. The third-order valence-corrected chi connectivity index (χ3v) is 14.3. The van der Waals surface area contributed by atoms with E-state index < -0.39 is 67.4 Å². The summed E-state index contributed by atoms with van der Waals surface area (Å²) in [5, 5.41) is 57.0. The predicted octanol–water partition coefficient (Wildman–Crippen LogP) is 14.9. The Hall–Kier alpha value is -3.16. The lowest BCUT2D eigenvalue weighted by molar-refractivity contribution is -0.305. The van der Waals surface area contributed by atoms with Gasteiger partial charge in [-0.2, -0.15) is 0 Å². The zero-order valence-electron chi connectivity index (χ0n) is 49.1. The van der Waals surface area contributed by atoms with Crippen LogP contribution in [0.15, 0.2) is 85.1 Å². The van der Waals surface area contributed by atoms with E-state index in [-0.39, 0.29) is 19.4 Å². The van der Waals surface area contributed by atoms with Gasteiger partial charge in [0.1, 0.15) is 24.4 Å². The highest BCUT2D eigenvalue weighted by molar-refractivity contribution is 5.80. The summed E-state index contributed by atoms with van der Waals surface area (Å²) in [4.78, 5) is 26.6. The number of ether oxygens (including phenoxy) is 3. The molecule has 8 atom stereocenters. The second-order valence-electron chi connectivity index (χ2n) is 21.5. The first kappa shape index (κ1) is 71.9. The van der Waals surface area contributed by atoms with Crippen LogP contribution in [0.25, 0.3) is 0 Å². The van der Waals surface area contributed by atoms with Gasteiger partial charge in [-0.15, -0.1) is 0 Å². The quantitative estimate of drug-likeness (QED) is 0.0149. The maximum absolute atomic E-state index is 13.4. The standard InChI is InChI=1S/C66H115NO10/c1-4-7-10-13-16-19-22-25-27-28-29-30-31-32-33-36-39-42-45-48-51-54-61(71)77-64-63(73)62(72)60(55-68)76-66(64)75-56-57(58(69)52-49-46-43-40-37-34-24-21-18-15-12-9-6-3)67-65(74)59(70)53-50-47-44-41-38-35-26-23-20-17-14-11-8-5-2/h8,11,14,16-17,19-20,23,25,27,29-30,49,52,57-60,62-64,66,68-70,72-73H,4-7,9-10,12-13,15,18,21-22,24,26,28,31-48,50-51,53-56H2,1-3H3,(H,67,74)/b11-8+,17-14+,19-16-,23-20+,27-25-,30-29-,52-49+. The Labute approximate surface area is 470 Å². The van der Waals surface area contributed by atoms with Crippen LogP contribution in [0.3, 0.4) is 0 Å². The number of hydrogen-bond acceptors (Lipinski definition) is 10. The fraction of sp³-hybridized carbons (Fsp3) is 0.758. The lowest BCUT2D eigenvalue weighted by atomic mass is 9.99. The molecule has 77 heavy (non-hydrogen) atoms. The van der Waals surface area contributed by atoms with Gasteiger partial charge in [0.15, 0.2) is 12.4 Å². The fourth-order valence-corrected chi connectivity index (χ4v) is 9.36. The molecule has 1 saturated heterocycles. The van der Waals surface area contributed by atoms with Crippen LogP contribution >= 0.6 is 0 Å². The maximum atomic E-state index is 13.4. The molecule has 0 spiro atoms. The lowest BCUT2D eigenvalue weighted by Gasteiger charge is -2.41. The van der Waals surface area contributed by atoms with Crippen molar-refractivity contribution in [2.75, 3.05) is 13.2 Å². The zero-order valence-corrected chi connectivity index (χ0v) is 49.1. The molecule has 1 aliphatic heterocycles. The molecule has 0 bridgehead atoms. The SMILES string of the molecule is CC/C=C/C=C/C=C/CCCCCCCCC(O)C(=O)NC(COC1OC(CO)C(O)C(O)C1OC(=O)CCCCCCCCCC/C=C\C/C=C\C/C=C\CCCCC)C(O)/C=C/CCCCCCCCCCCCC. The summed E-state index contributed by atoms with van der Waals surface area (Å²) < 4.78 is 17.6. The lowest BCUT2D eigenvalue weighted by Crippen LogP contribution is -2.61. The molecule has 11 heteroatoms. The van der Waals surface area contributed by atoms with Gasteiger partial charge in [0.2, 0.25) is 5.91 Å². The molecule has 0 aromatic heterocycles. The number of allylic oxidation sites excluding steroid dienone is 13. The molecular formula is C66H115NO10. The molecule has 0 radical (unpaired) electrons. The largest absolute Gasteiger partial charge is 0.454 e. The van der Waals surface area contributed by atoms with Gasteiger partial charge in [-0.25, -0.2) is 0 Å². The summed E-state index contributed by atoms with van der Waals surface area (Å²) in [5.74, 6) is -1.22. The van der Waals surface area contributed by atoms with Gasteiger partial charge in [-0.1, -0.05) is 254 Å². The zero-order chi connectivity index (χ0) is 56.1. The fourth-order valence-electron chi connectivity index (χ4n) is 9.36. The minimum absolute atomic E-state index is 0.110. The van der Waals surface area contributed by atoms with Crippen molar-refractivity contribution in [2.45, 2.75) is 307 Å². The Kier molecular flexibility index (Phi) is 49.9. The Morgan fingerprint density at radius 3 is 1.53 bits per heavy atom. The van der Waals surface area contributed by atoms with Crippen LogP contribution in [-0.2, 0) is 23.8 Å². The van der Waals surface area contributed by atoms with Crippen LogP contribution in [0.5, 0.6) is 0 Å². The minimum atomic E-state index is -1.62. The molecule has 1 amide bonds. The second kappa shape index (κ2) is 53.5. The van der Waals surface area contributed by atoms with E-state index >= 15 is 0 Å². The van der Waals surface area contributed by atoms with E-state index in [0.717, 1.165) is 109 Å². The molecule has 0 aromatic carbocycles. The topological polar surface area (TPSA) is 175 Å². The van der Waals surface area contributed by atoms with Crippen molar-refractivity contribution < 1.29 is 49.3 Å². The van der Waals surface area contributed by atoms with Gasteiger partial charge >= 0.3 is 5.97 Å².